The summed E-state index contributed by atoms with van der Waals surface area (Å²) in [4.78, 5) is 0. The third kappa shape index (κ3) is 98.4. The molecule has 0 radical (unpaired) electrons. The molecule has 0 aliphatic heterocycles. The van der Waals surface area contributed by atoms with Crippen molar-refractivity contribution >= 4 is 31.6 Å². The van der Waals surface area contributed by atoms with Gasteiger partial charge < -0.3 is 16.4 Å². The molecular weight excluding hydrogens is 470 g/mol. The third-order valence-electron chi connectivity index (χ3n) is 0.267. The van der Waals surface area contributed by atoms with E-state index in [9.17, 15) is 36.5 Å². The summed E-state index contributed by atoms with van der Waals surface area (Å²) >= 11 is 0. The molecule has 0 amide bonds. The molecule has 0 spiro atoms. The fraction of sp³-hybridized carbons (Fsp3) is 0. The zero-order chi connectivity index (χ0) is 11.7. The van der Waals surface area contributed by atoms with Gasteiger partial charge >= 0.3 is 209 Å². The first-order valence-electron chi connectivity index (χ1n) is 2.19. The van der Waals surface area contributed by atoms with Gasteiger partial charge in [0.2, 0.25) is 0 Å². The summed E-state index contributed by atoms with van der Waals surface area (Å²) in [6.07, 6.45) is 0. The standard InChI is InChI=1S/6Na.2O5P2.3O/c;;;;;;2*1-6(2)5-7(3)4;;;/q6*+1;;;3*-2. The Balaban J connectivity index is -0.00000001000. The molecule has 0 aliphatic carbocycles. The molecule has 104 valence electrons. The van der Waals surface area contributed by atoms with Crippen molar-refractivity contribution < 1.29 is 239 Å². The summed E-state index contributed by atoms with van der Waals surface area (Å²) in [7, 11) is -12.9. The molecular formula is Na6O13P4. The van der Waals surface area contributed by atoms with Gasteiger partial charge in [0, 0.05) is 0 Å². The second-order valence-corrected chi connectivity index (χ2v) is 4.15. The summed E-state index contributed by atoms with van der Waals surface area (Å²) in [5, 5.41) is 0. The van der Waals surface area contributed by atoms with E-state index in [4.69, 9.17) is 0 Å². The second kappa shape index (κ2) is 50.7. The Morgan fingerprint density at radius 2 is 0.435 bits per heavy atom. The minimum Gasteiger partial charge on any atom is -2.00 e. The predicted octanol–water partition coefficient (Wildman–Crippen LogP) is -16.0. The van der Waals surface area contributed by atoms with E-state index < -0.39 is 31.6 Å². The molecule has 23 heavy (non-hydrogen) atoms. The molecule has 0 bridgehead atoms. The van der Waals surface area contributed by atoms with Crippen molar-refractivity contribution in [1.82, 2.24) is 0 Å². The van der Waals surface area contributed by atoms with Gasteiger partial charge in [0.1, 0.15) is 0 Å². The SMILES string of the molecule is O=P(=O)OP(=O)=O.O=P(=O)OP(=O)=O.[Na+].[Na+].[Na+].[Na+].[Na+].[Na+].[O-2].[O-2].[O-2]. The van der Waals surface area contributed by atoms with Crippen LogP contribution >= 0.6 is 31.6 Å². The molecule has 0 aromatic carbocycles. The van der Waals surface area contributed by atoms with Crippen molar-refractivity contribution in [2.24, 2.45) is 0 Å². The molecule has 0 aromatic rings. The van der Waals surface area contributed by atoms with Crippen LogP contribution in [0.4, 0.5) is 0 Å². The summed E-state index contributed by atoms with van der Waals surface area (Å²) in [5.74, 6) is 0. The largest absolute Gasteiger partial charge is 2.00 e. The molecule has 0 aliphatic rings. The van der Waals surface area contributed by atoms with Crippen LogP contribution in [0.25, 0.3) is 0 Å². The maximum atomic E-state index is 9.24. The van der Waals surface area contributed by atoms with Crippen LogP contribution in [0.5, 0.6) is 0 Å². The summed E-state index contributed by atoms with van der Waals surface area (Å²) in [5.41, 5.74) is 0. The Bertz CT molecular complexity index is 331. The molecule has 0 rings (SSSR count). The zero-order valence-corrected chi connectivity index (χ0v) is 28.7. The van der Waals surface area contributed by atoms with E-state index in [1.807, 2.05) is 0 Å². The number of hydrogen-bond acceptors (Lipinski definition) is 10. The van der Waals surface area contributed by atoms with Crippen LogP contribution in [0.15, 0.2) is 0 Å². The molecule has 0 saturated carbocycles. The maximum Gasteiger partial charge on any atom is 1.00 e. The van der Waals surface area contributed by atoms with Gasteiger partial charge in [-0.25, -0.2) is 36.5 Å². The Morgan fingerprint density at radius 1 is 0.348 bits per heavy atom. The van der Waals surface area contributed by atoms with E-state index in [0.29, 0.717) is 0 Å². The average molecular weight is 470 g/mol. The van der Waals surface area contributed by atoms with E-state index >= 15 is 0 Å². The molecule has 0 saturated heterocycles. The fourth-order valence-corrected chi connectivity index (χ4v) is 0.980. The minimum absolute atomic E-state index is 0. The first kappa shape index (κ1) is 70.4. The summed E-state index contributed by atoms with van der Waals surface area (Å²) in [6, 6.07) is 0. The molecule has 13 nitrogen and oxygen atoms in total. The van der Waals surface area contributed by atoms with Crippen LogP contribution in [0.2, 0.25) is 0 Å². The van der Waals surface area contributed by atoms with Crippen LogP contribution in [0.3, 0.4) is 0 Å². The van der Waals surface area contributed by atoms with Crippen LogP contribution in [-0.2, 0) is 61.6 Å². The fourth-order valence-electron chi connectivity index (χ4n) is 0.109. The first-order valence-corrected chi connectivity index (χ1v) is 6.57. The van der Waals surface area contributed by atoms with E-state index in [2.05, 4.69) is 8.62 Å². The summed E-state index contributed by atoms with van der Waals surface area (Å²) < 4.78 is 80.2. The zero-order valence-electron chi connectivity index (χ0n) is 13.1. The van der Waals surface area contributed by atoms with Gasteiger partial charge in [-0.05, 0) is 0 Å². The number of hydrogen-bond donors (Lipinski definition) is 0. The minimum atomic E-state index is -3.24. The van der Waals surface area contributed by atoms with Gasteiger partial charge in [-0.1, -0.05) is 0 Å². The Labute approximate surface area is 265 Å². The van der Waals surface area contributed by atoms with Crippen molar-refractivity contribution in [1.29, 1.82) is 0 Å². The van der Waals surface area contributed by atoms with E-state index in [0.717, 1.165) is 0 Å². The molecule has 0 N–H and O–H groups in total. The van der Waals surface area contributed by atoms with Gasteiger partial charge in [0.25, 0.3) is 0 Å². The van der Waals surface area contributed by atoms with Crippen molar-refractivity contribution in [2.75, 3.05) is 0 Å². The van der Waals surface area contributed by atoms with E-state index in [1.165, 1.54) is 0 Å². The van der Waals surface area contributed by atoms with Crippen LogP contribution in [0, 0.1) is 0 Å². The smallest absolute Gasteiger partial charge is 1.00 e. The van der Waals surface area contributed by atoms with Gasteiger partial charge in [-0.3, -0.25) is 0 Å². The van der Waals surface area contributed by atoms with E-state index in [-0.39, 0.29) is 194 Å². The van der Waals surface area contributed by atoms with Crippen molar-refractivity contribution in [3.63, 3.8) is 0 Å². The molecule has 0 aromatic heterocycles. The van der Waals surface area contributed by atoms with Gasteiger partial charge in [-0.2, -0.15) is 8.62 Å². The normalized spacial score (nSPS) is 4.87. The van der Waals surface area contributed by atoms with Crippen molar-refractivity contribution in [2.45, 2.75) is 0 Å². The van der Waals surface area contributed by atoms with Crippen LogP contribution in [0.1, 0.15) is 0 Å². The molecule has 0 heterocycles. The van der Waals surface area contributed by atoms with Gasteiger partial charge in [0.15, 0.2) is 0 Å². The second-order valence-electron chi connectivity index (χ2n) is 1.06. The third-order valence-corrected chi connectivity index (χ3v) is 2.40. The molecule has 0 unspecified atom stereocenters. The average Bonchev–Trinajstić information content (AvgIpc) is 1.79. The predicted molar refractivity (Wildman–Crippen MR) is 37.4 cm³/mol. The van der Waals surface area contributed by atoms with Crippen LogP contribution in [-0.4, -0.2) is 0 Å². The monoisotopic (exact) mass is 470 g/mol. The maximum absolute atomic E-state index is 9.24. The molecule has 0 fully saturated rings. The first-order chi connectivity index (χ1) is 6.25. The van der Waals surface area contributed by atoms with Crippen LogP contribution < -0.4 is 177 Å². The topological polar surface area (TPSA) is 241 Å². The Hall–Kier alpha value is 5.40. The van der Waals surface area contributed by atoms with Crippen molar-refractivity contribution in [3.05, 3.63) is 0 Å². The van der Waals surface area contributed by atoms with Gasteiger partial charge in [0.05, 0.1) is 0 Å². The summed E-state index contributed by atoms with van der Waals surface area (Å²) in [6.45, 7) is 0. The van der Waals surface area contributed by atoms with Gasteiger partial charge in [-0.15, -0.1) is 0 Å². The Kier molecular flexibility index (Phi) is 155. The Morgan fingerprint density at radius 3 is 0.435 bits per heavy atom. The van der Waals surface area contributed by atoms with E-state index in [1.54, 1.807) is 0 Å². The molecule has 0 atom stereocenters. The quantitative estimate of drug-likeness (QED) is 0.278. The molecule has 23 heteroatoms. The van der Waals surface area contributed by atoms with Crippen molar-refractivity contribution in [3.8, 4) is 0 Å². The number of rotatable bonds is 4.